The van der Waals surface area contributed by atoms with Crippen LogP contribution in [0.25, 0.3) is 6.08 Å². The Labute approximate surface area is 226 Å². The van der Waals surface area contributed by atoms with Gasteiger partial charge in [0.25, 0.3) is 5.91 Å². The quantitative estimate of drug-likeness (QED) is 0.276. The maximum absolute atomic E-state index is 13.5. The third-order valence-corrected chi connectivity index (χ3v) is 9.05. The van der Waals surface area contributed by atoms with Crippen LogP contribution in [0, 0.1) is 23.2 Å². The molecule has 1 N–H and O–H groups in total. The van der Waals surface area contributed by atoms with Gasteiger partial charge in [0, 0.05) is 0 Å². The number of amides is 2. The van der Waals surface area contributed by atoms with E-state index in [4.69, 9.17) is 26.4 Å². The van der Waals surface area contributed by atoms with Crippen molar-refractivity contribution in [2.24, 2.45) is 23.2 Å². The Morgan fingerprint density at radius 3 is 2.38 bits per heavy atom. The predicted octanol–water partition coefficient (Wildman–Crippen LogP) is 4.48. The highest BCUT2D eigenvalue weighted by atomic mass is 32.2. The topological polar surface area (TPSA) is 94.2 Å². The Morgan fingerprint density at radius 2 is 1.76 bits per heavy atom. The highest BCUT2D eigenvalue weighted by Gasteiger charge is 2.55. The summed E-state index contributed by atoms with van der Waals surface area (Å²) in [5.74, 6) is 1.88. The summed E-state index contributed by atoms with van der Waals surface area (Å²) in [6.07, 6.45) is 8.20. The van der Waals surface area contributed by atoms with Gasteiger partial charge in [-0.1, -0.05) is 17.8 Å². The Morgan fingerprint density at radius 1 is 1.08 bits per heavy atom. The summed E-state index contributed by atoms with van der Waals surface area (Å²) in [6.45, 7) is 4.03. The number of rotatable bonds is 9. The van der Waals surface area contributed by atoms with Gasteiger partial charge >= 0.3 is 5.97 Å². The molecule has 8 nitrogen and oxygen atoms in total. The van der Waals surface area contributed by atoms with Crippen LogP contribution in [0.1, 0.15) is 57.9 Å². The van der Waals surface area contributed by atoms with Crippen molar-refractivity contribution in [2.45, 2.75) is 52.4 Å². The molecule has 10 heteroatoms. The molecule has 2 amide bonds. The fourth-order valence-corrected chi connectivity index (χ4v) is 7.85. The number of carbonyl (C=O) groups excluding carboxylic acids is 3. The summed E-state index contributed by atoms with van der Waals surface area (Å²) < 4.78 is 16.5. The molecule has 0 unspecified atom stereocenters. The number of nitrogens with zero attached hydrogens (tertiary/aromatic N) is 1. The summed E-state index contributed by atoms with van der Waals surface area (Å²) in [5, 5.41) is 1.23. The molecule has 37 heavy (non-hydrogen) atoms. The van der Waals surface area contributed by atoms with E-state index in [1.54, 1.807) is 31.2 Å². The van der Waals surface area contributed by atoms with Crippen molar-refractivity contribution in [3.63, 3.8) is 0 Å². The van der Waals surface area contributed by atoms with E-state index in [2.05, 4.69) is 5.43 Å². The van der Waals surface area contributed by atoms with E-state index >= 15 is 0 Å². The molecule has 4 bridgehead atoms. The van der Waals surface area contributed by atoms with Crippen molar-refractivity contribution in [1.29, 1.82) is 0 Å². The van der Waals surface area contributed by atoms with Crippen LogP contribution >= 0.6 is 24.0 Å². The number of nitrogens with one attached hydrogen (secondary N) is 1. The number of hydrogen-bond donors (Lipinski definition) is 1. The average Bonchev–Trinajstić information content (AvgIpc) is 3.10. The molecular weight excluding hydrogens is 512 g/mol. The lowest BCUT2D eigenvalue weighted by Crippen LogP contribution is -2.57. The third kappa shape index (κ3) is 5.36. The summed E-state index contributed by atoms with van der Waals surface area (Å²) in [6, 6.07) is 5.19. The molecule has 6 rings (SSSR count). The zero-order valence-corrected chi connectivity index (χ0v) is 22.8. The SMILES string of the molecule is CCOC(=O)COc1ccc(/C=C2\SC(=S)N(NC(=O)C34CC5CC(CC(C5)C3)C4)C2=O)cc1OCC. The molecule has 0 spiro atoms. The lowest BCUT2D eigenvalue weighted by atomic mass is 9.49. The minimum absolute atomic E-state index is 0.0640. The number of thiocarbonyl (C=S) groups is 1. The minimum Gasteiger partial charge on any atom is -0.490 e. The maximum Gasteiger partial charge on any atom is 0.344 e. The number of hydrazine groups is 1. The maximum atomic E-state index is 13.5. The molecule has 5 fully saturated rings. The number of thioether (sulfide) groups is 1. The van der Waals surface area contributed by atoms with Crippen molar-refractivity contribution >= 4 is 52.2 Å². The first-order valence-corrected chi connectivity index (χ1v) is 14.2. The smallest absolute Gasteiger partial charge is 0.344 e. The highest BCUT2D eigenvalue weighted by Crippen LogP contribution is 2.60. The number of esters is 1. The van der Waals surface area contributed by atoms with Crippen LogP contribution in [0.4, 0.5) is 0 Å². The van der Waals surface area contributed by atoms with Gasteiger partial charge in [0.05, 0.1) is 23.5 Å². The zero-order valence-electron chi connectivity index (χ0n) is 21.1. The van der Waals surface area contributed by atoms with Crippen LogP contribution in [0.15, 0.2) is 23.1 Å². The second-order valence-electron chi connectivity index (χ2n) is 10.4. The van der Waals surface area contributed by atoms with Crippen molar-refractivity contribution in [2.75, 3.05) is 19.8 Å². The molecule has 198 valence electrons. The monoisotopic (exact) mass is 544 g/mol. The van der Waals surface area contributed by atoms with E-state index in [-0.39, 0.29) is 30.4 Å². The first-order chi connectivity index (χ1) is 17.8. The molecule has 0 atom stereocenters. The van der Waals surface area contributed by atoms with Gasteiger partial charge in [0.1, 0.15) is 0 Å². The lowest BCUT2D eigenvalue weighted by molar-refractivity contribution is -0.152. The number of benzene rings is 1. The van der Waals surface area contributed by atoms with E-state index in [1.807, 2.05) is 6.92 Å². The Kier molecular flexibility index (Phi) is 7.49. The fraction of sp³-hybridized carbons (Fsp3) is 0.556. The van der Waals surface area contributed by atoms with E-state index in [0.717, 1.165) is 31.0 Å². The largest absolute Gasteiger partial charge is 0.490 e. The van der Waals surface area contributed by atoms with E-state index in [1.165, 1.54) is 24.3 Å². The Balaban J connectivity index is 1.28. The highest BCUT2D eigenvalue weighted by molar-refractivity contribution is 8.26. The summed E-state index contributed by atoms with van der Waals surface area (Å²) in [5.41, 5.74) is 3.22. The molecule has 4 saturated carbocycles. The van der Waals surface area contributed by atoms with E-state index in [0.29, 0.717) is 50.6 Å². The predicted molar refractivity (Wildman–Crippen MR) is 143 cm³/mol. The summed E-state index contributed by atoms with van der Waals surface area (Å²) in [7, 11) is 0. The molecule has 1 aromatic carbocycles. The van der Waals surface area contributed by atoms with Gasteiger partial charge in [-0.3, -0.25) is 15.0 Å². The molecule has 1 aliphatic heterocycles. The van der Waals surface area contributed by atoms with Crippen LogP contribution < -0.4 is 14.9 Å². The van der Waals surface area contributed by atoms with Gasteiger partial charge in [0.2, 0.25) is 5.91 Å². The number of hydrogen-bond acceptors (Lipinski definition) is 8. The van der Waals surface area contributed by atoms with Crippen LogP contribution in [0.3, 0.4) is 0 Å². The fourth-order valence-electron chi connectivity index (χ4n) is 6.67. The number of ether oxygens (including phenoxy) is 3. The van der Waals surface area contributed by atoms with Gasteiger partial charge < -0.3 is 14.2 Å². The van der Waals surface area contributed by atoms with Gasteiger partial charge in [-0.15, -0.1) is 0 Å². The van der Waals surface area contributed by atoms with Gasteiger partial charge in [-0.05, 0) is 106 Å². The molecule has 1 aromatic rings. The second-order valence-corrected chi connectivity index (χ2v) is 12.1. The molecule has 1 saturated heterocycles. The number of carbonyl (C=O) groups is 3. The van der Waals surface area contributed by atoms with Gasteiger partial charge in [0.15, 0.2) is 22.4 Å². The summed E-state index contributed by atoms with van der Waals surface area (Å²) >= 11 is 6.62. The van der Waals surface area contributed by atoms with Crippen LogP contribution in [0.2, 0.25) is 0 Å². The normalized spacial score (nSPS) is 29.1. The first kappa shape index (κ1) is 26.0. The van der Waals surface area contributed by atoms with Crippen LogP contribution in [-0.2, 0) is 19.1 Å². The van der Waals surface area contributed by atoms with E-state index in [9.17, 15) is 14.4 Å². The molecule has 5 aliphatic rings. The molecule has 1 heterocycles. The van der Waals surface area contributed by atoms with Crippen LogP contribution in [0.5, 0.6) is 11.5 Å². The molecule has 0 radical (unpaired) electrons. The van der Waals surface area contributed by atoms with Crippen LogP contribution in [-0.4, -0.2) is 46.9 Å². The lowest BCUT2D eigenvalue weighted by Gasteiger charge is -2.55. The average molecular weight is 545 g/mol. The second kappa shape index (κ2) is 10.6. The van der Waals surface area contributed by atoms with E-state index < -0.39 is 5.97 Å². The first-order valence-electron chi connectivity index (χ1n) is 12.9. The van der Waals surface area contributed by atoms with Gasteiger partial charge in [-0.25, -0.2) is 4.79 Å². The molecule has 0 aromatic heterocycles. The van der Waals surface area contributed by atoms with Crippen molar-refractivity contribution in [1.82, 2.24) is 10.4 Å². The Hall–Kier alpha value is -2.59. The molecule has 4 aliphatic carbocycles. The van der Waals surface area contributed by atoms with Crippen molar-refractivity contribution < 1.29 is 28.6 Å². The zero-order chi connectivity index (χ0) is 26.2. The third-order valence-electron chi connectivity index (χ3n) is 7.74. The van der Waals surface area contributed by atoms with Crippen molar-refractivity contribution in [3.8, 4) is 11.5 Å². The molecular formula is C27H32N2O6S2. The van der Waals surface area contributed by atoms with Gasteiger partial charge in [-0.2, -0.15) is 5.01 Å². The standard InChI is InChI=1S/C27H32N2O6S2/c1-3-33-21-10-16(5-6-20(21)35-15-23(30)34-4-2)11-22-24(31)29(26(36)37-22)28-25(32)27-12-17-7-18(13-27)9-19(8-17)14-27/h5-6,10-11,17-19H,3-4,7-9,12-15H2,1-2H3,(H,28,32)/b22-11-. The Bertz CT molecular complexity index is 1110. The minimum atomic E-state index is -0.465. The van der Waals surface area contributed by atoms with Crippen molar-refractivity contribution in [3.05, 3.63) is 28.7 Å². The summed E-state index contributed by atoms with van der Waals surface area (Å²) in [4.78, 5) is 38.7.